The summed E-state index contributed by atoms with van der Waals surface area (Å²) >= 11 is 5.93. The van der Waals surface area contributed by atoms with Crippen LogP contribution in [0.15, 0.2) is 60.8 Å². The predicted octanol–water partition coefficient (Wildman–Crippen LogP) is 3.77. The highest BCUT2D eigenvalue weighted by Crippen LogP contribution is 2.23. The fourth-order valence-electron chi connectivity index (χ4n) is 3.35. The van der Waals surface area contributed by atoms with E-state index >= 15 is 0 Å². The Balaban J connectivity index is 1.56. The molecule has 1 aliphatic heterocycles. The molecule has 1 saturated heterocycles. The Morgan fingerprint density at radius 3 is 2.67 bits per heavy atom. The number of pyridine rings is 1. The molecule has 3 aromatic rings. The van der Waals surface area contributed by atoms with Crippen molar-refractivity contribution in [2.45, 2.75) is 13.0 Å². The average molecular weight is 380 g/mol. The molecule has 2 amide bonds. The zero-order valence-electron chi connectivity index (χ0n) is 14.8. The monoisotopic (exact) mass is 379 g/mol. The van der Waals surface area contributed by atoms with Gasteiger partial charge in [-0.25, -0.2) is 0 Å². The van der Waals surface area contributed by atoms with Gasteiger partial charge in [-0.2, -0.15) is 0 Å². The first kappa shape index (κ1) is 17.5. The lowest BCUT2D eigenvalue weighted by atomic mass is 10.1. The third kappa shape index (κ3) is 3.38. The number of benzene rings is 2. The van der Waals surface area contributed by atoms with Gasteiger partial charge in [0.15, 0.2) is 0 Å². The summed E-state index contributed by atoms with van der Waals surface area (Å²) in [5.74, 6) is -0.289. The van der Waals surface area contributed by atoms with E-state index in [0.29, 0.717) is 17.1 Å². The van der Waals surface area contributed by atoms with Crippen molar-refractivity contribution >= 4 is 40.0 Å². The van der Waals surface area contributed by atoms with Crippen LogP contribution in [0, 0.1) is 0 Å². The second-order valence-corrected chi connectivity index (χ2v) is 7.12. The summed E-state index contributed by atoms with van der Waals surface area (Å²) in [7, 11) is 0. The Morgan fingerprint density at radius 1 is 1.15 bits per heavy atom. The first-order valence-corrected chi connectivity index (χ1v) is 9.12. The second kappa shape index (κ2) is 7.00. The summed E-state index contributed by atoms with van der Waals surface area (Å²) in [6.45, 7) is 2.42. The minimum atomic E-state index is -0.176. The summed E-state index contributed by atoms with van der Waals surface area (Å²) in [5, 5.41) is 1.53. The largest absolute Gasteiger partial charge is 0.325 e. The smallest absolute Gasteiger partial charge is 0.256 e. The quantitative estimate of drug-likeness (QED) is 0.681. The van der Waals surface area contributed by atoms with Crippen LogP contribution < -0.4 is 4.90 Å². The summed E-state index contributed by atoms with van der Waals surface area (Å²) < 4.78 is 0. The van der Waals surface area contributed by atoms with E-state index in [4.69, 9.17) is 11.6 Å². The van der Waals surface area contributed by atoms with Gasteiger partial charge >= 0.3 is 0 Å². The maximum atomic E-state index is 13.0. The number of rotatable bonds is 2. The van der Waals surface area contributed by atoms with Gasteiger partial charge < -0.3 is 9.80 Å². The van der Waals surface area contributed by atoms with Crippen molar-refractivity contribution in [2.75, 3.05) is 18.0 Å². The number of para-hydroxylation sites is 1. The van der Waals surface area contributed by atoms with E-state index in [-0.39, 0.29) is 24.4 Å². The molecule has 4 rings (SSSR count). The number of halogens is 1. The molecule has 1 aliphatic rings. The number of carbonyl (C=O) groups excluding carboxylic acids is 2. The lowest BCUT2D eigenvalue weighted by Crippen LogP contribution is -2.57. The molecule has 1 atom stereocenters. The van der Waals surface area contributed by atoms with Gasteiger partial charge in [-0.3, -0.25) is 14.6 Å². The van der Waals surface area contributed by atoms with Crippen molar-refractivity contribution in [1.29, 1.82) is 0 Å². The zero-order chi connectivity index (χ0) is 19.0. The molecule has 5 nitrogen and oxygen atoms in total. The van der Waals surface area contributed by atoms with Crippen molar-refractivity contribution < 1.29 is 9.59 Å². The van der Waals surface area contributed by atoms with E-state index in [2.05, 4.69) is 4.98 Å². The summed E-state index contributed by atoms with van der Waals surface area (Å²) in [4.78, 5) is 33.3. The fourth-order valence-corrected chi connectivity index (χ4v) is 3.47. The predicted molar refractivity (Wildman–Crippen MR) is 106 cm³/mol. The highest BCUT2D eigenvalue weighted by molar-refractivity contribution is 6.30. The first-order chi connectivity index (χ1) is 13.0. The third-order valence-corrected chi connectivity index (χ3v) is 5.07. The van der Waals surface area contributed by atoms with E-state index in [9.17, 15) is 9.59 Å². The number of aromatic nitrogens is 1. The van der Waals surface area contributed by atoms with Gasteiger partial charge in [0.2, 0.25) is 5.91 Å². The highest BCUT2D eigenvalue weighted by Gasteiger charge is 2.33. The normalized spacial score (nSPS) is 17.4. The van der Waals surface area contributed by atoms with Crippen LogP contribution in [-0.2, 0) is 4.79 Å². The molecule has 2 aromatic carbocycles. The van der Waals surface area contributed by atoms with Gasteiger partial charge in [-0.05, 0) is 43.3 Å². The van der Waals surface area contributed by atoms with Gasteiger partial charge in [-0.1, -0.05) is 29.8 Å². The topological polar surface area (TPSA) is 53.5 Å². The molecule has 0 bridgehead atoms. The summed E-state index contributed by atoms with van der Waals surface area (Å²) in [5.41, 5.74) is 2.12. The molecule has 0 aliphatic carbocycles. The van der Waals surface area contributed by atoms with Crippen LogP contribution in [0.3, 0.4) is 0 Å². The Morgan fingerprint density at radius 2 is 1.89 bits per heavy atom. The van der Waals surface area contributed by atoms with Crippen LogP contribution in [0.4, 0.5) is 5.69 Å². The maximum absolute atomic E-state index is 13.0. The second-order valence-electron chi connectivity index (χ2n) is 6.68. The van der Waals surface area contributed by atoms with Gasteiger partial charge in [0, 0.05) is 34.9 Å². The minimum absolute atomic E-state index is 0.0372. The molecular weight excluding hydrogens is 362 g/mol. The van der Waals surface area contributed by atoms with Gasteiger partial charge in [0.05, 0.1) is 11.1 Å². The standard InChI is InChI=1S/C21H18ClN3O2/c1-14-12-25(18-8-6-17(22)7-9-18)20(26)13-24(14)21(27)16-10-15-4-2-3-5-19(15)23-11-16/h2-11,14H,12-13H2,1H3/t14-/m0/s1. The highest BCUT2D eigenvalue weighted by atomic mass is 35.5. The molecular formula is C21H18ClN3O2. The van der Waals surface area contributed by atoms with Crippen LogP contribution >= 0.6 is 11.6 Å². The molecule has 0 saturated carbocycles. The Hall–Kier alpha value is -2.92. The zero-order valence-corrected chi connectivity index (χ0v) is 15.6. The summed E-state index contributed by atoms with van der Waals surface area (Å²) in [6, 6.07) is 16.5. The number of carbonyl (C=O) groups is 2. The van der Waals surface area contributed by atoms with Crippen LogP contribution in [0.5, 0.6) is 0 Å². The van der Waals surface area contributed by atoms with Crippen LogP contribution in [0.1, 0.15) is 17.3 Å². The lowest BCUT2D eigenvalue weighted by Gasteiger charge is -2.39. The van der Waals surface area contributed by atoms with Crippen LogP contribution in [0.2, 0.25) is 5.02 Å². The first-order valence-electron chi connectivity index (χ1n) is 8.74. The average Bonchev–Trinajstić information content (AvgIpc) is 2.69. The number of hydrogen-bond donors (Lipinski definition) is 0. The Labute approximate surface area is 162 Å². The van der Waals surface area contributed by atoms with Crippen molar-refractivity contribution in [2.24, 2.45) is 0 Å². The van der Waals surface area contributed by atoms with Crippen molar-refractivity contribution in [3.63, 3.8) is 0 Å². The van der Waals surface area contributed by atoms with E-state index < -0.39 is 0 Å². The lowest BCUT2D eigenvalue weighted by molar-refractivity contribution is -0.121. The van der Waals surface area contributed by atoms with E-state index in [1.165, 1.54) is 0 Å². The molecule has 0 radical (unpaired) electrons. The number of anilines is 1. The molecule has 1 aromatic heterocycles. The van der Waals surface area contributed by atoms with Crippen molar-refractivity contribution in [3.8, 4) is 0 Å². The number of fused-ring (bicyclic) bond motifs is 1. The molecule has 6 heteroatoms. The third-order valence-electron chi connectivity index (χ3n) is 4.82. The van der Waals surface area contributed by atoms with Crippen molar-refractivity contribution in [3.05, 3.63) is 71.4 Å². The SMILES string of the molecule is C[C@H]1CN(c2ccc(Cl)cc2)C(=O)CN1C(=O)c1cnc2ccccc2c1. The van der Waals surface area contributed by atoms with Gasteiger partial charge in [0.1, 0.15) is 6.54 Å². The number of hydrogen-bond acceptors (Lipinski definition) is 3. The van der Waals surface area contributed by atoms with E-state index in [0.717, 1.165) is 16.6 Å². The Bertz CT molecular complexity index is 1020. The van der Waals surface area contributed by atoms with E-state index in [1.54, 1.807) is 28.1 Å². The minimum Gasteiger partial charge on any atom is -0.325 e. The molecule has 27 heavy (non-hydrogen) atoms. The molecule has 136 valence electrons. The molecule has 2 heterocycles. The van der Waals surface area contributed by atoms with Crippen LogP contribution in [-0.4, -0.2) is 40.8 Å². The Kier molecular flexibility index (Phi) is 4.54. The molecule has 0 spiro atoms. The number of piperazine rings is 1. The fraction of sp³-hybridized carbons (Fsp3) is 0.190. The number of amides is 2. The molecule has 0 unspecified atom stereocenters. The maximum Gasteiger partial charge on any atom is 0.256 e. The van der Waals surface area contributed by atoms with Crippen molar-refractivity contribution in [1.82, 2.24) is 9.88 Å². The van der Waals surface area contributed by atoms with E-state index in [1.807, 2.05) is 49.4 Å². The molecule has 1 fully saturated rings. The summed E-state index contributed by atoms with van der Waals surface area (Å²) in [6.07, 6.45) is 1.58. The van der Waals surface area contributed by atoms with Crippen LogP contribution in [0.25, 0.3) is 10.9 Å². The molecule has 0 N–H and O–H groups in total. The van der Waals surface area contributed by atoms with Gasteiger partial charge in [-0.15, -0.1) is 0 Å². The van der Waals surface area contributed by atoms with Gasteiger partial charge in [0.25, 0.3) is 5.91 Å². The number of nitrogens with zero attached hydrogens (tertiary/aromatic N) is 3.